The van der Waals surface area contributed by atoms with Gasteiger partial charge in [0.15, 0.2) is 0 Å². The van der Waals surface area contributed by atoms with Crippen molar-refractivity contribution in [1.29, 1.82) is 0 Å². The van der Waals surface area contributed by atoms with Crippen molar-refractivity contribution in [2.45, 2.75) is 47.5 Å². The predicted molar refractivity (Wildman–Crippen MR) is 71.3 cm³/mol. The molecule has 0 bridgehead atoms. The summed E-state index contributed by atoms with van der Waals surface area (Å²) < 4.78 is 0. The molecule has 0 saturated carbocycles. The SMILES string of the molecule is CC.CC.Cc1ccc(CCCN)cc1. The second-order valence-corrected chi connectivity index (χ2v) is 2.88. The maximum absolute atomic E-state index is 5.41. The molecule has 0 aliphatic rings. The third kappa shape index (κ3) is 9.48. The van der Waals surface area contributed by atoms with Gasteiger partial charge < -0.3 is 5.73 Å². The first-order chi connectivity index (χ1) is 7.33. The molecular formula is C14H27N. The van der Waals surface area contributed by atoms with E-state index in [-0.39, 0.29) is 0 Å². The molecule has 0 unspecified atom stereocenters. The Morgan fingerprint density at radius 3 is 1.80 bits per heavy atom. The molecule has 0 aliphatic heterocycles. The summed E-state index contributed by atoms with van der Waals surface area (Å²) in [5, 5.41) is 0. The number of aryl methyl sites for hydroxylation is 2. The summed E-state index contributed by atoms with van der Waals surface area (Å²) in [6.45, 7) is 10.9. The molecule has 0 aliphatic carbocycles. The predicted octanol–water partition coefficient (Wildman–Crippen LogP) is 3.94. The lowest BCUT2D eigenvalue weighted by molar-refractivity contribution is 0.832. The van der Waals surface area contributed by atoms with Crippen molar-refractivity contribution in [3.8, 4) is 0 Å². The van der Waals surface area contributed by atoms with Crippen LogP contribution in [-0.2, 0) is 6.42 Å². The van der Waals surface area contributed by atoms with Gasteiger partial charge in [0, 0.05) is 0 Å². The lowest BCUT2D eigenvalue weighted by atomic mass is 10.1. The van der Waals surface area contributed by atoms with Crippen LogP contribution in [-0.4, -0.2) is 6.54 Å². The van der Waals surface area contributed by atoms with Crippen LogP contribution in [0.15, 0.2) is 24.3 Å². The average molecular weight is 209 g/mol. The first-order valence-corrected chi connectivity index (χ1v) is 6.08. The highest BCUT2D eigenvalue weighted by Crippen LogP contribution is 2.04. The van der Waals surface area contributed by atoms with Crippen molar-refractivity contribution in [2.24, 2.45) is 5.73 Å². The van der Waals surface area contributed by atoms with E-state index >= 15 is 0 Å². The molecule has 1 nitrogen and oxygen atoms in total. The molecule has 0 heterocycles. The number of rotatable bonds is 3. The first-order valence-electron chi connectivity index (χ1n) is 6.08. The van der Waals surface area contributed by atoms with Gasteiger partial charge in [-0.2, -0.15) is 0 Å². The third-order valence-corrected chi connectivity index (χ3v) is 1.79. The molecule has 1 aromatic carbocycles. The van der Waals surface area contributed by atoms with E-state index in [1.807, 2.05) is 27.7 Å². The Hall–Kier alpha value is -0.820. The summed E-state index contributed by atoms with van der Waals surface area (Å²) >= 11 is 0. The van der Waals surface area contributed by atoms with E-state index in [0.29, 0.717) is 0 Å². The van der Waals surface area contributed by atoms with E-state index in [1.165, 1.54) is 11.1 Å². The largest absolute Gasteiger partial charge is 0.330 e. The van der Waals surface area contributed by atoms with Gasteiger partial charge in [0.05, 0.1) is 0 Å². The van der Waals surface area contributed by atoms with E-state index in [1.54, 1.807) is 0 Å². The number of nitrogens with two attached hydrogens (primary N) is 1. The highest BCUT2D eigenvalue weighted by molar-refractivity contribution is 5.21. The smallest absolute Gasteiger partial charge is 0.00741 e. The van der Waals surface area contributed by atoms with E-state index in [2.05, 4.69) is 31.2 Å². The molecule has 0 fully saturated rings. The Kier molecular flexibility index (Phi) is 14.6. The maximum atomic E-state index is 5.41. The van der Waals surface area contributed by atoms with Crippen molar-refractivity contribution < 1.29 is 0 Å². The van der Waals surface area contributed by atoms with Gasteiger partial charge in [-0.05, 0) is 31.9 Å². The van der Waals surface area contributed by atoms with Crippen LogP contribution < -0.4 is 5.73 Å². The van der Waals surface area contributed by atoms with Crippen LogP contribution in [0.1, 0.15) is 45.2 Å². The Balaban J connectivity index is 0. The Morgan fingerprint density at radius 1 is 0.933 bits per heavy atom. The van der Waals surface area contributed by atoms with E-state index in [0.717, 1.165) is 19.4 Å². The lowest BCUT2D eigenvalue weighted by Crippen LogP contribution is -2.00. The molecule has 1 heteroatoms. The minimum absolute atomic E-state index is 0.786. The van der Waals surface area contributed by atoms with Gasteiger partial charge >= 0.3 is 0 Å². The fourth-order valence-corrected chi connectivity index (χ4v) is 1.06. The summed E-state index contributed by atoms with van der Waals surface area (Å²) in [6.07, 6.45) is 2.19. The molecule has 0 saturated heterocycles. The highest BCUT2D eigenvalue weighted by atomic mass is 14.5. The minimum atomic E-state index is 0.786. The topological polar surface area (TPSA) is 26.0 Å². The average Bonchev–Trinajstić information content (AvgIpc) is 2.34. The molecule has 15 heavy (non-hydrogen) atoms. The summed E-state index contributed by atoms with van der Waals surface area (Å²) in [6, 6.07) is 8.63. The summed E-state index contributed by atoms with van der Waals surface area (Å²) in [4.78, 5) is 0. The van der Waals surface area contributed by atoms with Crippen LogP contribution in [0, 0.1) is 6.92 Å². The van der Waals surface area contributed by atoms with Gasteiger partial charge in [-0.3, -0.25) is 0 Å². The normalized spacial score (nSPS) is 8.13. The van der Waals surface area contributed by atoms with E-state index in [4.69, 9.17) is 5.73 Å². The molecule has 0 atom stereocenters. The zero-order valence-corrected chi connectivity index (χ0v) is 11.0. The molecule has 0 spiro atoms. The highest BCUT2D eigenvalue weighted by Gasteiger charge is 1.90. The zero-order valence-electron chi connectivity index (χ0n) is 11.0. The van der Waals surface area contributed by atoms with Gasteiger partial charge in [0.25, 0.3) is 0 Å². The van der Waals surface area contributed by atoms with Crippen molar-refractivity contribution in [2.75, 3.05) is 6.54 Å². The summed E-state index contributed by atoms with van der Waals surface area (Å²) in [7, 11) is 0. The van der Waals surface area contributed by atoms with Crippen molar-refractivity contribution >= 4 is 0 Å². The third-order valence-electron chi connectivity index (χ3n) is 1.79. The number of hydrogen-bond acceptors (Lipinski definition) is 1. The molecule has 0 radical (unpaired) electrons. The van der Waals surface area contributed by atoms with Crippen LogP contribution in [0.5, 0.6) is 0 Å². The number of benzene rings is 1. The van der Waals surface area contributed by atoms with Crippen LogP contribution >= 0.6 is 0 Å². The van der Waals surface area contributed by atoms with Gasteiger partial charge in [-0.15, -0.1) is 0 Å². The molecule has 2 N–H and O–H groups in total. The van der Waals surface area contributed by atoms with Crippen molar-refractivity contribution in [3.63, 3.8) is 0 Å². The summed E-state index contributed by atoms with van der Waals surface area (Å²) in [5.74, 6) is 0. The van der Waals surface area contributed by atoms with Gasteiger partial charge in [-0.25, -0.2) is 0 Å². The lowest BCUT2D eigenvalue weighted by Gasteiger charge is -1.99. The van der Waals surface area contributed by atoms with Gasteiger partial charge in [0.1, 0.15) is 0 Å². The molecule has 1 rings (SSSR count). The maximum Gasteiger partial charge on any atom is -0.00741 e. The van der Waals surface area contributed by atoms with Crippen LogP contribution in [0.4, 0.5) is 0 Å². The van der Waals surface area contributed by atoms with Crippen LogP contribution in [0.2, 0.25) is 0 Å². The fourth-order valence-electron chi connectivity index (χ4n) is 1.06. The number of hydrogen-bond donors (Lipinski definition) is 1. The molecule has 0 amide bonds. The van der Waals surface area contributed by atoms with Gasteiger partial charge in [0.2, 0.25) is 0 Å². The van der Waals surface area contributed by atoms with E-state index < -0.39 is 0 Å². The quantitative estimate of drug-likeness (QED) is 0.801. The van der Waals surface area contributed by atoms with Gasteiger partial charge in [-0.1, -0.05) is 57.5 Å². The molecule has 1 aromatic rings. The Labute approximate surface area is 95.7 Å². The summed E-state index contributed by atoms with van der Waals surface area (Å²) in [5.41, 5.74) is 8.12. The molecule has 88 valence electrons. The standard InChI is InChI=1S/C10H15N.2C2H6/c1-9-4-6-10(7-5-9)3-2-8-11;2*1-2/h4-7H,2-3,8,11H2,1H3;2*1-2H3. The van der Waals surface area contributed by atoms with Crippen LogP contribution in [0.3, 0.4) is 0 Å². The second-order valence-electron chi connectivity index (χ2n) is 2.88. The van der Waals surface area contributed by atoms with E-state index in [9.17, 15) is 0 Å². The van der Waals surface area contributed by atoms with Crippen LogP contribution in [0.25, 0.3) is 0 Å². The molecular weight excluding hydrogens is 182 g/mol. The monoisotopic (exact) mass is 209 g/mol. The minimum Gasteiger partial charge on any atom is -0.330 e. The van der Waals surface area contributed by atoms with Crippen molar-refractivity contribution in [1.82, 2.24) is 0 Å². The molecule has 0 aromatic heterocycles. The first kappa shape index (κ1) is 16.6. The fraction of sp³-hybridized carbons (Fsp3) is 0.571. The second kappa shape index (κ2) is 13.2. The zero-order chi connectivity index (χ0) is 12.1. The Morgan fingerprint density at radius 2 is 1.40 bits per heavy atom. The van der Waals surface area contributed by atoms with Crippen molar-refractivity contribution in [3.05, 3.63) is 35.4 Å². The Bertz CT molecular complexity index is 201.